The number of aromatic nitrogens is 2. The Morgan fingerprint density at radius 2 is 2.24 bits per heavy atom. The first-order chi connectivity index (χ1) is 8.04. The Labute approximate surface area is 113 Å². The SMILES string of the molecule is CCCn1c(C(C)Cl)nc2cc(Br)c(F)cc21. The topological polar surface area (TPSA) is 17.8 Å². The van der Waals surface area contributed by atoms with Crippen molar-refractivity contribution in [3.8, 4) is 0 Å². The third kappa shape index (κ3) is 2.33. The molecule has 2 nitrogen and oxygen atoms in total. The molecule has 1 unspecified atom stereocenters. The van der Waals surface area contributed by atoms with Gasteiger partial charge in [-0.1, -0.05) is 6.92 Å². The number of hydrogen-bond acceptors (Lipinski definition) is 1. The molecule has 1 aromatic heterocycles. The highest BCUT2D eigenvalue weighted by Gasteiger charge is 2.16. The van der Waals surface area contributed by atoms with Crippen LogP contribution in [0.3, 0.4) is 0 Å². The van der Waals surface area contributed by atoms with Gasteiger partial charge in [0, 0.05) is 12.6 Å². The molecule has 1 atom stereocenters. The summed E-state index contributed by atoms with van der Waals surface area (Å²) in [6.45, 7) is 4.74. The van der Waals surface area contributed by atoms with E-state index in [1.54, 1.807) is 6.07 Å². The highest BCUT2D eigenvalue weighted by Crippen LogP contribution is 2.28. The number of rotatable bonds is 3. The van der Waals surface area contributed by atoms with Gasteiger partial charge >= 0.3 is 0 Å². The lowest BCUT2D eigenvalue weighted by atomic mass is 10.3. The van der Waals surface area contributed by atoms with Crippen molar-refractivity contribution >= 4 is 38.6 Å². The lowest BCUT2D eigenvalue weighted by molar-refractivity contribution is 0.618. The van der Waals surface area contributed by atoms with E-state index in [-0.39, 0.29) is 11.2 Å². The van der Waals surface area contributed by atoms with Gasteiger partial charge in [-0.05, 0) is 35.3 Å². The third-order valence-corrected chi connectivity index (χ3v) is 3.43. The van der Waals surface area contributed by atoms with Crippen molar-refractivity contribution in [1.82, 2.24) is 9.55 Å². The molecule has 2 aromatic rings. The maximum Gasteiger partial charge on any atom is 0.139 e. The molecule has 0 saturated heterocycles. The van der Waals surface area contributed by atoms with Crippen LogP contribution < -0.4 is 0 Å². The molecular formula is C12H13BrClFN2. The van der Waals surface area contributed by atoms with Crippen LogP contribution in [-0.2, 0) is 6.54 Å². The molecule has 92 valence electrons. The second kappa shape index (κ2) is 4.94. The van der Waals surface area contributed by atoms with E-state index in [1.807, 2.05) is 11.5 Å². The molecule has 0 bridgehead atoms. The fraction of sp³-hybridized carbons (Fsp3) is 0.417. The van der Waals surface area contributed by atoms with Crippen molar-refractivity contribution in [1.29, 1.82) is 0 Å². The Hall–Kier alpha value is -0.610. The van der Waals surface area contributed by atoms with Gasteiger partial charge in [0.15, 0.2) is 0 Å². The Morgan fingerprint density at radius 3 is 2.82 bits per heavy atom. The first-order valence-corrected chi connectivity index (χ1v) is 6.76. The fourth-order valence-electron chi connectivity index (χ4n) is 1.90. The van der Waals surface area contributed by atoms with Crippen LogP contribution >= 0.6 is 27.5 Å². The number of aryl methyl sites for hydroxylation is 1. The zero-order valence-corrected chi connectivity index (χ0v) is 12.0. The highest BCUT2D eigenvalue weighted by molar-refractivity contribution is 9.10. The van der Waals surface area contributed by atoms with E-state index in [0.717, 1.165) is 29.8 Å². The summed E-state index contributed by atoms with van der Waals surface area (Å²) < 4.78 is 16.0. The number of hydrogen-bond donors (Lipinski definition) is 0. The van der Waals surface area contributed by atoms with Crippen LogP contribution in [0.25, 0.3) is 11.0 Å². The van der Waals surface area contributed by atoms with Gasteiger partial charge in [0.05, 0.1) is 20.9 Å². The lowest BCUT2D eigenvalue weighted by Crippen LogP contribution is -2.03. The van der Waals surface area contributed by atoms with E-state index in [4.69, 9.17) is 11.6 Å². The van der Waals surface area contributed by atoms with Gasteiger partial charge in [-0.2, -0.15) is 0 Å². The minimum Gasteiger partial charge on any atom is -0.327 e. The average molecular weight is 320 g/mol. The van der Waals surface area contributed by atoms with E-state index in [9.17, 15) is 4.39 Å². The average Bonchev–Trinajstić information content (AvgIpc) is 2.59. The Balaban J connectivity index is 2.71. The van der Waals surface area contributed by atoms with E-state index >= 15 is 0 Å². The van der Waals surface area contributed by atoms with Gasteiger partial charge in [0.25, 0.3) is 0 Å². The van der Waals surface area contributed by atoms with Crippen molar-refractivity contribution in [2.24, 2.45) is 0 Å². The maximum atomic E-state index is 13.6. The van der Waals surface area contributed by atoms with Gasteiger partial charge in [0.1, 0.15) is 11.6 Å². The molecule has 0 radical (unpaired) electrons. The molecule has 2 rings (SSSR count). The van der Waals surface area contributed by atoms with Gasteiger partial charge in [-0.3, -0.25) is 0 Å². The molecule has 5 heteroatoms. The van der Waals surface area contributed by atoms with Gasteiger partial charge in [0.2, 0.25) is 0 Å². The maximum absolute atomic E-state index is 13.6. The lowest BCUT2D eigenvalue weighted by Gasteiger charge is -2.08. The first kappa shape index (κ1) is 12.8. The molecular weight excluding hydrogens is 307 g/mol. The van der Waals surface area contributed by atoms with Crippen LogP contribution in [-0.4, -0.2) is 9.55 Å². The smallest absolute Gasteiger partial charge is 0.139 e. The molecule has 1 aromatic carbocycles. The van der Waals surface area contributed by atoms with Crippen molar-refractivity contribution < 1.29 is 4.39 Å². The summed E-state index contributed by atoms with van der Waals surface area (Å²) >= 11 is 9.28. The summed E-state index contributed by atoms with van der Waals surface area (Å²) in [5.41, 5.74) is 1.57. The Kier molecular flexibility index (Phi) is 3.73. The van der Waals surface area contributed by atoms with Gasteiger partial charge in [-0.15, -0.1) is 11.6 Å². The standard InChI is InChI=1S/C12H13BrClFN2/c1-3-4-17-11-6-9(15)8(13)5-10(11)16-12(17)7(2)14/h5-7H,3-4H2,1-2H3. The van der Waals surface area contributed by atoms with Crippen LogP contribution in [0.1, 0.15) is 31.5 Å². The molecule has 0 fully saturated rings. The van der Waals surface area contributed by atoms with Crippen molar-refractivity contribution in [2.75, 3.05) is 0 Å². The van der Waals surface area contributed by atoms with E-state index in [1.165, 1.54) is 6.07 Å². The van der Waals surface area contributed by atoms with Gasteiger partial charge < -0.3 is 4.57 Å². The number of nitrogens with zero attached hydrogens (tertiary/aromatic N) is 2. The van der Waals surface area contributed by atoms with E-state index in [2.05, 4.69) is 27.8 Å². The van der Waals surface area contributed by atoms with Crippen molar-refractivity contribution in [3.63, 3.8) is 0 Å². The quantitative estimate of drug-likeness (QED) is 0.753. The minimum atomic E-state index is -0.275. The number of fused-ring (bicyclic) bond motifs is 1. The number of benzene rings is 1. The molecule has 0 N–H and O–H groups in total. The normalized spacial score (nSPS) is 13.2. The highest BCUT2D eigenvalue weighted by atomic mass is 79.9. The molecule has 0 aliphatic carbocycles. The summed E-state index contributed by atoms with van der Waals surface area (Å²) in [5.74, 6) is 0.518. The number of alkyl halides is 1. The fourth-order valence-corrected chi connectivity index (χ4v) is 2.40. The van der Waals surface area contributed by atoms with Gasteiger partial charge in [-0.25, -0.2) is 9.37 Å². The van der Waals surface area contributed by atoms with Crippen LogP contribution in [0.2, 0.25) is 0 Å². The van der Waals surface area contributed by atoms with Crippen LogP contribution in [0.4, 0.5) is 4.39 Å². The zero-order chi connectivity index (χ0) is 12.6. The van der Waals surface area contributed by atoms with Crippen molar-refractivity contribution in [3.05, 3.63) is 28.2 Å². The molecule has 0 aliphatic heterocycles. The second-order valence-electron chi connectivity index (χ2n) is 3.99. The van der Waals surface area contributed by atoms with E-state index in [0.29, 0.717) is 4.47 Å². The molecule has 1 heterocycles. The molecule has 17 heavy (non-hydrogen) atoms. The predicted molar refractivity (Wildman–Crippen MR) is 72.0 cm³/mol. The monoisotopic (exact) mass is 318 g/mol. The summed E-state index contributed by atoms with van der Waals surface area (Å²) in [5, 5.41) is -0.184. The summed E-state index contributed by atoms with van der Waals surface area (Å²) in [6.07, 6.45) is 0.958. The summed E-state index contributed by atoms with van der Waals surface area (Å²) in [7, 11) is 0. The first-order valence-electron chi connectivity index (χ1n) is 5.53. The van der Waals surface area contributed by atoms with Crippen molar-refractivity contribution in [2.45, 2.75) is 32.2 Å². The zero-order valence-electron chi connectivity index (χ0n) is 9.67. The third-order valence-electron chi connectivity index (χ3n) is 2.62. The number of halogens is 3. The summed E-state index contributed by atoms with van der Waals surface area (Å²) in [4.78, 5) is 4.47. The Morgan fingerprint density at radius 1 is 1.53 bits per heavy atom. The molecule has 0 saturated carbocycles. The van der Waals surface area contributed by atoms with Crippen LogP contribution in [0.5, 0.6) is 0 Å². The van der Waals surface area contributed by atoms with Crippen LogP contribution in [0.15, 0.2) is 16.6 Å². The summed E-state index contributed by atoms with van der Waals surface area (Å²) in [6, 6.07) is 3.20. The minimum absolute atomic E-state index is 0.184. The molecule has 0 aliphatic rings. The number of imidazole rings is 1. The molecule has 0 amide bonds. The Bertz CT molecular complexity index is 551. The molecule has 0 spiro atoms. The predicted octanol–water partition coefficient (Wildman–Crippen LogP) is 4.65. The van der Waals surface area contributed by atoms with Crippen LogP contribution in [0, 0.1) is 5.82 Å². The second-order valence-corrected chi connectivity index (χ2v) is 5.50. The van der Waals surface area contributed by atoms with E-state index < -0.39 is 0 Å². The largest absolute Gasteiger partial charge is 0.327 e.